The number of rotatable bonds is 6. The van der Waals surface area contributed by atoms with Crippen molar-refractivity contribution in [2.75, 3.05) is 20.8 Å². The molecule has 17 heavy (non-hydrogen) atoms. The van der Waals surface area contributed by atoms with Crippen LogP contribution < -0.4 is 4.74 Å². The van der Waals surface area contributed by atoms with Gasteiger partial charge in [0.05, 0.1) is 19.8 Å². The number of nitriles is 1. The second-order valence-electron chi connectivity index (χ2n) is 3.51. The molecule has 1 aromatic rings. The van der Waals surface area contributed by atoms with Gasteiger partial charge in [-0.2, -0.15) is 5.26 Å². The summed E-state index contributed by atoms with van der Waals surface area (Å²) in [6.07, 6.45) is 0.229. The third-order valence-corrected chi connectivity index (χ3v) is 2.45. The molecule has 0 aromatic heterocycles. The Morgan fingerprint density at radius 1 is 1.41 bits per heavy atom. The summed E-state index contributed by atoms with van der Waals surface area (Å²) in [5.74, 6) is -0.384. The Morgan fingerprint density at radius 2 is 2.12 bits per heavy atom. The molecule has 1 rings (SSSR count). The second kappa shape index (κ2) is 6.66. The average Bonchev–Trinajstić information content (AvgIpc) is 2.37. The van der Waals surface area contributed by atoms with E-state index in [9.17, 15) is 4.79 Å². The first-order valence-corrected chi connectivity index (χ1v) is 5.28. The molecule has 1 atom stereocenters. The van der Waals surface area contributed by atoms with Gasteiger partial charge < -0.3 is 9.47 Å². The van der Waals surface area contributed by atoms with E-state index >= 15 is 0 Å². The van der Waals surface area contributed by atoms with E-state index in [0.717, 1.165) is 0 Å². The molecule has 0 amide bonds. The maximum absolute atomic E-state index is 11.8. The highest BCUT2D eigenvalue weighted by molar-refractivity contribution is 5.89. The molecule has 0 heterocycles. The number of Topliss-reactive ketones (excluding diaryl/α,β-unsaturated/α-hetero) is 1. The Balaban J connectivity index is 2.94. The fraction of sp³-hybridized carbons (Fsp3) is 0.385. The third kappa shape index (κ3) is 3.30. The smallest absolute Gasteiger partial charge is 0.156 e. The number of carbonyl (C=O) groups excluding carboxylic acids is 1. The molecule has 0 bridgehead atoms. The molecule has 0 fully saturated rings. The summed E-state index contributed by atoms with van der Waals surface area (Å²) in [5.41, 5.74) is 0.610. The first-order chi connectivity index (χ1) is 8.24. The zero-order chi connectivity index (χ0) is 12.7. The summed E-state index contributed by atoms with van der Waals surface area (Å²) < 4.78 is 9.99. The number of ketones is 1. The van der Waals surface area contributed by atoms with Gasteiger partial charge in [0.1, 0.15) is 11.7 Å². The molecule has 0 radical (unpaired) electrons. The van der Waals surface area contributed by atoms with Crippen molar-refractivity contribution in [3.05, 3.63) is 29.8 Å². The van der Waals surface area contributed by atoms with Crippen molar-refractivity contribution < 1.29 is 14.3 Å². The predicted octanol–water partition coefficient (Wildman–Crippen LogP) is 1.91. The summed E-state index contributed by atoms with van der Waals surface area (Å²) >= 11 is 0. The zero-order valence-corrected chi connectivity index (χ0v) is 9.97. The van der Waals surface area contributed by atoms with E-state index in [1.165, 1.54) is 14.2 Å². The van der Waals surface area contributed by atoms with Crippen molar-refractivity contribution in [3.8, 4) is 11.8 Å². The fourth-order valence-corrected chi connectivity index (χ4v) is 1.57. The Bertz CT molecular complexity index is 423. The lowest BCUT2D eigenvalue weighted by Crippen LogP contribution is -2.13. The number of ether oxygens (including phenoxy) is 2. The lowest BCUT2D eigenvalue weighted by atomic mass is 9.94. The van der Waals surface area contributed by atoms with Crippen LogP contribution in [0.2, 0.25) is 0 Å². The van der Waals surface area contributed by atoms with Gasteiger partial charge in [0.25, 0.3) is 0 Å². The van der Waals surface area contributed by atoms with Crippen LogP contribution in [-0.2, 0) is 9.53 Å². The molecular weight excluding hydrogens is 218 g/mol. The lowest BCUT2D eigenvalue weighted by Gasteiger charge is -2.12. The van der Waals surface area contributed by atoms with Gasteiger partial charge in [-0.3, -0.25) is 4.79 Å². The molecule has 0 spiro atoms. The van der Waals surface area contributed by atoms with E-state index in [1.54, 1.807) is 24.3 Å². The van der Waals surface area contributed by atoms with Crippen molar-refractivity contribution >= 4 is 5.78 Å². The quantitative estimate of drug-likeness (QED) is 0.753. The zero-order valence-electron chi connectivity index (χ0n) is 9.97. The Hall–Kier alpha value is -1.86. The number of hydrogen-bond acceptors (Lipinski definition) is 4. The summed E-state index contributed by atoms with van der Waals surface area (Å²) in [6.45, 7) is 0.326. The minimum absolute atomic E-state index is 0.154. The summed E-state index contributed by atoms with van der Waals surface area (Å²) in [7, 11) is 3.05. The van der Waals surface area contributed by atoms with E-state index in [4.69, 9.17) is 14.7 Å². The van der Waals surface area contributed by atoms with Crippen LogP contribution in [0.5, 0.6) is 5.75 Å². The van der Waals surface area contributed by atoms with Gasteiger partial charge in [-0.1, -0.05) is 18.2 Å². The molecule has 1 unspecified atom stereocenters. The molecule has 4 nitrogen and oxygen atoms in total. The highest BCUT2D eigenvalue weighted by Crippen LogP contribution is 2.27. The van der Waals surface area contributed by atoms with Crippen molar-refractivity contribution in [1.82, 2.24) is 0 Å². The van der Waals surface area contributed by atoms with E-state index < -0.39 is 5.92 Å². The van der Waals surface area contributed by atoms with Crippen molar-refractivity contribution in [3.63, 3.8) is 0 Å². The molecule has 0 saturated carbocycles. The Morgan fingerprint density at radius 3 is 2.71 bits per heavy atom. The maximum Gasteiger partial charge on any atom is 0.156 e. The molecule has 90 valence electrons. The van der Waals surface area contributed by atoms with Gasteiger partial charge in [0.2, 0.25) is 0 Å². The third-order valence-electron chi connectivity index (χ3n) is 2.45. The SMILES string of the molecule is COCCC(=O)C(C#N)c1ccccc1OC. The standard InChI is InChI=1S/C13H15NO3/c1-16-8-7-12(15)11(9-14)10-5-3-4-6-13(10)17-2/h3-6,11H,7-8H2,1-2H3. The lowest BCUT2D eigenvalue weighted by molar-refractivity contribution is -0.120. The van der Waals surface area contributed by atoms with Crippen LogP contribution >= 0.6 is 0 Å². The topological polar surface area (TPSA) is 59.3 Å². The van der Waals surface area contributed by atoms with Crippen LogP contribution in [0.25, 0.3) is 0 Å². The highest BCUT2D eigenvalue weighted by Gasteiger charge is 2.22. The normalized spacial score (nSPS) is 11.6. The van der Waals surface area contributed by atoms with Crippen molar-refractivity contribution in [2.45, 2.75) is 12.3 Å². The summed E-state index contributed by atoms with van der Waals surface area (Å²) in [5, 5.41) is 9.10. The van der Waals surface area contributed by atoms with Crippen LogP contribution in [0, 0.1) is 11.3 Å². The van der Waals surface area contributed by atoms with E-state index in [-0.39, 0.29) is 12.2 Å². The largest absolute Gasteiger partial charge is 0.496 e. The average molecular weight is 233 g/mol. The van der Waals surface area contributed by atoms with E-state index in [1.807, 2.05) is 6.07 Å². The molecule has 0 saturated heterocycles. The van der Waals surface area contributed by atoms with E-state index in [2.05, 4.69) is 0 Å². The van der Waals surface area contributed by atoms with Gasteiger partial charge in [-0.25, -0.2) is 0 Å². The molecule has 0 aliphatic carbocycles. The van der Waals surface area contributed by atoms with Crippen LogP contribution in [0.1, 0.15) is 17.9 Å². The van der Waals surface area contributed by atoms with Gasteiger partial charge in [0.15, 0.2) is 5.78 Å². The molecule has 0 aliphatic heterocycles. The fourth-order valence-electron chi connectivity index (χ4n) is 1.57. The van der Waals surface area contributed by atoms with Gasteiger partial charge in [-0.05, 0) is 6.07 Å². The number of carbonyl (C=O) groups is 1. The monoisotopic (exact) mass is 233 g/mol. The van der Waals surface area contributed by atoms with Crippen molar-refractivity contribution in [2.24, 2.45) is 0 Å². The molecular formula is C13H15NO3. The molecule has 0 N–H and O–H groups in total. The number of para-hydroxylation sites is 1. The number of methoxy groups -OCH3 is 2. The van der Waals surface area contributed by atoms with Crippen LogP contribution in [0.3, 0.4) is 0 Å². The maximum atomic E-state index is 11.8. The minimum Gasteiger partial charge on any atom is -0.496 e. The highest BCUT2D eigenvalue weighted by atomic mass is 16.5. The predicted molar refractivity (Wildman–Crippen MR) is 62.8 cm³/mol. The summed E-state index contributed by atoms with van der Waals surface area (Å²) in [4.78, 5) is 11.8. The Labute approximate surface area is 101 Å². The van der Waals surface area contributed by atoms with Crippen molar-refractivity contribution in [1.29, 1.82) is 5.26 Å². The van der Waals surface area contributed by atoms with Crippen LogP contribution in [-0.4, -0.2) is 26.6 Å². The Kier molecular flexibility index (Phi) is 5.18. The van der Waals surface area contributed by atoms with Gasteiger partial charge in [-0.15, -0.1) is 0 Å². The van der Waals surface area contributed by atoms with E-state index in [0.29, 0.717) is 17.9 Å². The molecule has 4 heteroatoms. The number of benzene rings is 1. The van der Waals surface area contributed by atoms with Crippen LogP contribution in [0.15, 0.2) is 24.3 Å². The molecule has 1 aromatic carbocycles. The minimum atomic E-state index is -0.790. The first kappa shape index (κ1) is 13.2. The summed E-state index contributed by atoms with van der Waals surface area (Å²) in [6, 6.07) is 9.08. The number of hydrogen-bond donors (Lipinski definition) is 0. The number of nitrogens with zero attached hydrogens (tertiary/aromatic N) is 1. The van der Waals surface area contributed by atoms with Gasteiger partial charge in [0, 0.05) is 19.1 Å². The van der Waals surface area contributed by atoms with Crippen LogP contribution in [0.4, 0.5) is 0 Å². The van der Waals surface area contributed by atoms with Gasteiger partial charge >= 0.3 is 0 Å². The first-order valence-electron chi connectivity index (χ1n) is 5.28. The second-order valence-corrected chi connectivity index (χ2v) is 3.51. The molecule has 0 aliphatic rings.